The molecule has 16 heavy (non-hydrogen) atoms. The van der Waals surface area contributed by atoms with Gasteiger partial charge in [0.1, 0.15) is 17.3 Å². The van der Waals surface area contributed by atoms with E-state index in [1.165, 1.54) is 14.2 Å². The number of hydrogen-bond acceptors (Lipinski definition) is 3. The lowest BCUT2D eigenvalue weighted by Crippen LogP contribution is -2.22. The quantitative estimate of drug-likeness (QED) is 0.930. The van der Waals surface area contributed by atoms with Gasteiger partial charge in [0.15, 0.2) is 0 Å². The van der Waals surface area contributed by atoms with E-state index in [2.05, 4.69) is 15.9 Å². The fourth-order valence-corrected chi connectivity index (χ4v) is 2.21. The average Bonchev–Trinajstić information content (AvgIpc) is 3.00. The standard InChI is InChI=1S/C11H13BrFNO2/c1-15-6-5-7(16-2)9(12)10(13)8(6)11(14)3-4-11/h5H,3-4,14H2,1-2H3. The predicted molar refractivity (Wildman–Crippen MR) is 62.3 cm³/mol. The number of rotatable bonds is 3. The maximum absolute atomic E-state index is 14.1. The van der Waals surface area contributed by atoms with Gasteiger partial charge in [0, 0.05) is 11.6 Å². The third-order valence-electron chi connectivity index (χ3n) is 2.86. The Balaban J connectivity index is 2.63. The maximum atomic E-state index is 14.1. The molecule has 2 N–H and O–H groups in total. The lowest BCUT2D eigenvalue weighted by molar-refractivity contribution is 0.376. The van der Waals surface area contributed by atoms with Crippen molar-refractivity contribution in [3.05, 3.63) is 21.9 Å². The average molecular weight is 290 g/mol. The molecular formula is C11H13BrFNO2. The first-order valence-corrected chi connectivity index (χ1v) is 5.72. The second-order valence-corrected chi connectivity index (χ2v) is 4.73. The largest absolute Gasteiger partial charge is 0.496 e. The van der Waals surface area contributed by atoms with E-state index in [1.807, 2.05) is 0 Å². The van der Waals surface area contributed by atoms with Crippen LogP contribution in [0.25, 0.3) is 0 Å². The minimum Gasteiger partial charge on any atom is -0.496 e. The third-order valence-corrected chi connectivity index (χ3v) is 3.60. The van der Waals surface area contributed by atoms with Crippen molar-refractivity contribution < 1.29 is 13.9 Å². The van der Waals surface area contributed by atoms with Gasteiger partial charge in [-0.2, -0.15) is 0 Å². The molecule has 0 radical (unpaired) electrons. The number of hydrogen-bond donors (Lipinski definition) is 1. The number of benzene rings is 1. The second-order valence-electron chi connectivity index (χ2n) is 3.94. The van der Waals surface area contributed by atoms with Crippen molar-refractivity contribution in [3.8, 4) is 11.5 Å². The molecule has 2 rings (SSSR count). The summed E-state index contributed by atoms with van der Waals surface area (Å²) in [5, 5.41) is 0. The highest BCUT2D eigenvalue weighted by molar-refractivity contribution is 9.10. The molecule has 0 heterocycles. The van der Waals surface area contributed by atoms with Crippen molar-refractivity contribution in [1.82, 2.24) is 0 Å². The van der Waals surface area contributed by atoms with Crippen LogP contribution in [0, 0.1) is 5.82 Å². The molecule has 1 saturated carbocycles. The minimum absolute atomic E-state index is 0.294. The van der Waals surface area contributed by atoms with Crippen LogP contribution in [0.4, 0.5) is 4.39 Å². The molecule has 0 saturated heterocycles. The zero-order valence-corrected chi connectivity index (χ0v) is 10.7. The zero-order chi connectivity index (χ0) is 11.9. The molecule has 0 aromatic heterocycles. The molecule has 0 aliphatic heterocycles. The van der Waals surface area contributed by atoms with Gasteiger partial charge in [-0.1, -0.05) is 0 Å². The van der Waals surface area contributed by atoms with Crippen LogP contribution in [0.1, 0.15) is 18.4 Å². The lowest BCUT2D eigenvalue weighted by atomic mass is 10.0. The first-order valence-electron chi connectivity index (χ1n) is 4.93. The van der Waals surface area contributed by atoms with Crippen LogP contribution in [0.3, 0.4) is 0 Å². The van der Waals surface area contributed by atoms with Gasteiger partial charge in [0.25, 0.3) is 0 Å². The van der Waals surface area contributed by atoms with E-state index in [9.17, 15) is 4.39 Å². The van der Waals surface area contributed by atoms with E-state index in [0.717, 1.165) is 12.8 Å². The Labute approximate surface area is 102 Å². The van der Waals surface area contributed by atoms with E-state index in [4.69, 9.17) is 15.2 Å². The number of nitrogens with two attached hydrogens (primary N) is 1. The van der Waals surface area contributed by atoms with Gasteiger partial charge in [0.2, 0.25) is 0 Å². The summed E-state index contributed by atoms with van der Waals surface area (Å²) in [4.78, 5) is 0. The van der Waals surface area contributed by atoms with E-state index in [1.54, 1.807) is 6.07 Å². The molecule has 0 spiro atoms. The van der Waals surface area contributed by atoms with Gasteiger partial charge in [-0.25, -0.2) is 4.39 Å². The molecule has 3 nitrogen and oxygen atoms in total. The third kappa shape index (κ3) is 1.68. The summed E-state index contributed by atoms with van der Waals surface area (Å²) in [6, 6.07) is 1.65. The molecule has 1 aliphatic rings. The van der Waals surface area contributed by atoms with Crippen LogP contribution in [0.2, 0.25) is 0 Å². The number of halogens is 2. The van der Waals surface area contributed by atoms with Gasteiger partial charge >= 0.3 is 0 Å². The van der Waals surface area contributed by atoms with Gasteiger partial charge < -0.3 is 15.2 Å². The Morgan fingerprint density at radius 1 is 1.31 bits per heavy atom. The monoisotopic (exact) mass is 289 g/mol. The number of ether oxygens (including phenoxy) is 2. The van der Waals surface area contributed by atoms with E-state index >= 15 is 0 Å². The Morgan fingerprint density at radius 3 is 2.31 bits per heavy atom. The van der Waals surface area contributed by atoms with Gasteiger partial charge in [0.05, 0.1) is 24.3 Å². The van der Waals surface area contributed by atoms with Crippen LogP contribution in [-0.4, -0.2) is 14.2 Å². The van der Waals surface area contributed by atoms with Crippen molar-refractivity contribution in [3.63, 3.8) is 0 Å². The molecular weight excluding hydrogens is 277 g/mol. The molecule has 1 aliphatic carbocycles. The highest BCUT2D eigenvalue weighted by Crippen LogP contribution is 2.50. The Kier molecular flexibility index (Phi) is 2.84. The maximum Gasteiger partial charge on any atom is 0.149 e. The summed E-state index contributed by atoms with van der Waals surface area (Å²) < 4.78 is 24.7. The van der Waals surface area contributed by atoms with E-state index in [0.29, 0.717) is 21.5 Å². The molecule has 88 valence electrons. The van der Waals surface area contributed by atoms with Crippen LogP contribution in [0.5, 0.6) is 11.5 Å². The minimum atomic E-state index is -0.579. The molecule has 5 heteroatoms. The SMILES string of the molecule is COc1cc(OC)c(C2(N)CC2)c(F)c1Br. The molecule has 1 fully saturated rings. The van der Waals surface area contributed by atoms with Crippen LogP contribution in [-0.2, 0) is 5.54 Å². The Bertz CT molecular complexity index is 432. The van der Waals surface area contributed by atoms with Crippen molar-refractivity contribution >= 4 is 15.9 Å². The molecule has 0 amide bonds. The van der Waals surface area contributed by atoms with Crippen LogP contribution < -0.4 is 15.2 Å². The summed E-state index contributed by atoms with van der Waals surface area (Å²) in [6.45, 7) is 0. The van der Waals surface area contributed by atoms with Crippen LogP contribution >= 0.6 is 15.9 Å². The summed E-state index contributed by atoms with van der Waals surface area (Å²) >= 11 is 3.16. The van der Waals surface area contributed by atoms with Crippen molar-refractivity contribution in [2.45, 2.75) is 18.4 Å². The summed E-state index contributed by atoms with van der Waals surface area (Å²) in [5.74, 6) is 0.455. The fraction of sp³-hybridized carbons (Fsp3) is 0.455. The molecule has 0 bridgehead atoms. The van der Waals surface area contributed by atoms with Crippen molar-refractivity contribution in [1.29, 1.82) is 0 Å². The first-order chi connectivity index (χ1) is 7.53. The highest BCUT2D eigenvalue weighted by atomic mass is 79.9. The van der Waals surface area contributed by atoms with Crippen molar-refractivity contribution in [2.75, 3.05) is 14.2 Å². The molecule has 0 unspecified atom stereocenters. The van der Waals surface area contributed by atoms with E-state index < -0.39 is 11.4 Å². The molecule has 0 atom stereocenters. The lowest BCUT2D eigenvalue weighted by Gasteiger charge is -2.18. The molecule has 1 aromatic carbocycles. The van der Waals surface area contributed by atoms with Crippen LogP contribution in [0.15, 0.2) is 10.5 Å². The number of methoxy groups -OCH3 is 2. The zero-order valence-electron chi connectivity index (χ0n) is 9.14. The Morgan fingerprint density at radius 2 is 1.88 bits per heavy atom. The van der Waals surface area contributed by atoms with Gasteiger partial charge in [-0.15, -0.1) is 0 Å². The molecule has 1 aromatic rings. The topological polar surface area (TPSA) is 44.5 Å². The summed E-state index contributed by atoms with van der Waals surface area (Å²) in [5.41, 5.74) is 5.88. The first kappa shape index (κ1) is 11.7. The van der Waals surface area contributed by atoms with Gasteiger partial charge in [-0.05, 0) is 28.8 Å². The normalized spacial score (nSPS) is 17.1. The smallest absolute Gasteiger partial charge is 0.149 e. The summed E-state index contributed by atoms with van der Waals surface area (Å²) in [7, 11) is 2.98. The fourth-order valence-electron chi connectivity index (χ4n) is 1.74. The summed E-state index contributed by atoms with van der Waals surface area (Å²) in [6.07, 6.45) is 1.55. The van der Waals surface area contributed by atoms with E-state index in [-0.39, 0.29) is 0 Å². The highest BCUT2D eigenvalue weighted by Gasteiger charge is 2.45. The Hall–Kier alpha value is -0.810. The predicted octanol–water partition coefficient (Wildman–Crippen LogP) is 2.55. The van der Waals surface area contributed by atoms with Gasteiger partial charge in [-0.3, -0.25) is 0 Å². The second kappa shape index (κ2) is 3.89. The van der Waals surface area contributed by atoms with Crippen molar-refractivity contribution in [2.24, 2.45) is 5.73 Å².